The van der Waals surface area contributed by atoms with Crippen molar-refractivity contribution in [3.05, 3.63) is 24.0 Å². The third-order valence-corrected chi connectivity index (χ3v) is 4.04. The molecule has 1 fully saturated rings. The fourth-order valence-corrected chi connectivity index (χ4v) is 2.56. The van der Waals surface area contributed by atoms with Gasteiger partial charge in [0.25, 0.3) is 5.91 Å². The van der Waals surface area contributed by atoms with Crippen molar-refractivity contribution in [1.29, 1.82) is 0 Å². The molecule has 0 aromatic carbocycles. The molecule has 98 valence electrons. The van der Waals surface area contributed by atoms with E-state index in [0.29, 0.717) is 17.7 Å². The van der Waals surface area contributed by atoms with Crippen LogP contribution < -0.4 is 10.6 Å². The standard InChI is InChI=1S/C14H21N3O/c1-9-4-5-12(10(9)2)17-11-6-7-16-13(8-11)14(18)15-3/h6-10,12H,4-5H2,1-3H3,(H,15,18)(H,16,17). The molecule has 0 radical (unpaired) electrons. The number of rotatable bonds is 3. The number of carbonyl (C=O) groups is 1. The maximum atomic E-state index is 11.5. The molecule has 4 heteroatoms. The fraction of sp³-hybridized carbons (Fsp3) is 0.571. The van der Waals surface area contributed by atoms with E-state index in [4.69, 9.17) is 0 Å². The Labute approximate surface area is 108 Å². The van der Waals surface area contributed by atoms with E-state index in [-0.39, 0.29) is 5.91 Å². The van der Waals surface area contributed by atoms with Crippen molar-refractivity contribution < 1.29 is 4.79 Å². The minimum atomic E-state index is -0.147. The van der Waals surface area contributed by atoms with Crippen LogP contribution in [0.15, 0.2) is 18.3 Å². The smallest absolute Gasteiger partial charge is 0.269 e. The summed E-state index contributed by atoms with van der Waals surface area (Å²) < 4.78 is 0. The van der Waals surface area contributed by atoms with Gasteiger partial charge in [-0.05, 0) is 36.8 Å². The largest absolute Gasteiger partial charge is 0.382 e. The highest BCUT2D eigenvalue weighted by Crippen LogP contribution is 2.33. The van der Waals surface area contributed by atoms with Gasteiger partial charge in [-0.15, -0.1) is 0 Å². The predicted molar refractivity (Wildman–Crippen MR) is 72.6 cm³/mol. The van der Waals surface area contributed by atoms with Gasteiger partial charge in [-0.2, -0.15) is 0 Å². The van der Waals surface area contributed by atoms with Crippen LogP contribution in [0.5, 0.6) is 0 Å². The second-order valence-corrected chi connectivity index (χ2v) is 5.17. The molecule has 0 bridgehead atoms. The Morgan fingerprint density at radius 3 is 2.78 bits per heavy atom. The van der Waals surface area contributed by atoms with E-state index < -0.39 is 0 Å². The normalized spacial score (nSPS) is 26.9. The van der Waals surface area contributed by atoms with Crippen LogP contribution in [0, 0.1) is 11.8 Å². The molecular formula is C14H21N3O. The number of hydrogen-bond acceptors (Lipinski definition) is 3. The summed E-state index contributed by atoms with van der Waals surface area (Å²) in [5.41, 5.74) is 1.44. The number of amides is 1. The Morgan fingerprint density at radius 2 is 2.17 bits per heavy atom. The molecule has 2 rings (SSSR count). The van der Waals surface area contributed by atoms with E-state index in [1.54, 1.807) is 13.2 Å². The molecule has 0 spiro atoms. The number of nitrogens with zero attached hydrogens (tertiary/aromatic N) is 1. The molecule has 1 aromatic heterocycles. The highest BCUT2D eigenvalue weighted by atomic mass is 16.1. The van der Waals surface area contributed by atoms with Gasteiger partial charge in [-0.1, -0.05) is 13.8 Å². The van der Waals surface area contributed by atoms with Gasteiger partial charge in [0.2, 0.25) is 0 Å². The molecule has 1 saturated carbocycles. The summed E-state index contributed by atoms with van der Waals surface area (Å²) in [6, 6.07) is 4.23. The molecule has 0 saturated heterocycles. The molecule has 1 amide bonds. The van der Waals surface area contributed by atoms with Gasteiger partial charge in [-0.25, -0.2) is 0 Å². The highest BCUT2D eigenvalue weighted by molar-refractivity contribution is 5.92. The molecule has 3 atom stereocenters. The van der Waals surface area contributed by atoms with Crippen LogP contribution in [0.3, 0.4) is 0 Å². The summed E-state index contributed by atoms with van der Waals surface area (Å²) in [5, 5.41) is 6.11. The average Bonchev–Trinajstić information content (AvgIpc) is 2.70. The van der Waals surface area contributed by atoms with Crippen LogP contribution >= 0.6 is 0 Å². The molecule has 1 aliphatic carbocycles. The Balaban J connectivity index is 2.08. The highest BCUT2D eigenvalue weighted by Gasteiger charge is 2.29. The number of carbonyl (C=O) groups excluding carboxylic acids is 1. The summed E-state index contributed by atoms with van der Waals surface area (Å²) in [6.07, 6.45) is 4.14. The molecule has 1 aliphatic rings. The van der Waals surface area contributed by atoms with Crippen LogP contribution in [0.25, 0.3) is 0 Å². The number of anilines is 1. The first-order chi connectivity index (χ1) is 8.61. The molecule has 18 heavy (non-hydrogen) atoms. The average molecular weight is 247 g/mol. The zero-order valence-electron chi connectivity index (χ0n) is 11.2. The van der Waals surface area contributed by atoms with Gasteiger partial charge in [-0.3, -0.25) is 9.78 Å². The van der Waals surface area contributed by atoms with E-state index in [9.17, 15) is 4.79 Å². The van der Waals surface area contributed by atoms with Gasteiger partial charge < -0.3 is 10.6 Å². The number of aromatic nitrogens is 1. The summed E-state index contributed by atoms with van der Waals surface area (Å²) in [5.74, 6) is 1.29. The second-order valence-electron chi connectivity index (χ2n) is 5.17. The lowest BCUT2D eigenvalue weighted by molar-refractivity contribution is 0.0958. The van der Waals surface area contributed by atoms with Gasteiger partial charge >= 0.3 is 0 Å². The van der Waals surface area contributed by atoms with E-state index in [1.165, 1.54) is 12.8 Å². The molecule has 2 N–H and O–H groups in total. The van der Waals surface area contributed by atoms with E-state index in [1.807, 2.05) is 12.1 Å². The molecule has 0 aliphatic heterocycles. The van der Waals surface area contributed by atoms with E-state index in [2.05, 4.69) is 29.5 Å². The molecule has 1 heterocycles. The fourth-order valence-electron chi connectivity index (χ4n) is 2.56. The summed E-state index contributed by atoms with van der Waals surface area (Å²) in [7, 11) is 1.62. The monoisotopic (exact) mass is 247 g/mol. The third-order valence-electron chi connectivity index (χ3n) is 4.04. The first-order valence-corrected chi connectivity index (χ1v) is 6.56. The zero-order chi connectivity index (χ0) is 13.1. The second kappa shape index (κ2) is 5.38. The molecular weight excluding hydrogens is 226 g/mol. The topological polar surface area (TPSA) is 54.0 Å². The number of hydrogen-bond donors (Lipinski definition) is 2. The van der Waals surface area contributed by atoms with E-state index >= 15 is 0 Å². The minimum Gasteiger partial charge on any atom is -0.382 e. The van der Waals surface area contributed by atoms with Crippen LogP contribution in [0.2, 0.25) is 0 Å². The lowest BCUT2D eigenvalue weighted by Crippen LogP contribution is -2.24. The summed E-state index contributed by atoms with van der Waals surface area (Å²) in [4.78, 5) is 15.6. The maximum absolute atomic E-state index is 11.5. The summed E-state index contributed by atoms with van der Waals surface area (Å²) >= 11 is 0. The number of pyridine rings is 1. The van der Waals surface area contributed by atoms with Crippen molar-refractivity contribution in [2.45, 2.75) is 32.7 Å². The van der Waals surface area contributed by atoms with Crippen LogP contribution in [0.4, 0.5) is 5.69 Å². The molecule has 4 nitrogen and oxygen atoms in total. The quantitative estimate of drug-likeness (QED) is 0.861. The van der Waals surface area contributed by atoms with Crippen LogP contribution in [0.1, 0.15) is 37.2 Å². The Kier molecular flexibility index (Phi) is 3.84. The third kappa shape index (κ3) is 2.63. The lowest BCUT2D eigenvalue weighted by Gasteiger charge is -2.21. The lowest BCUT2D eigenvalue weighted by atomic mass is 9.97. The Hall–Kier alpha value is -1.58. The van der Waals surface area contributed by atoms with Gasteiger partial charge in [0.1, 0.15) is 5.69 Å². The molecule has 3 unspecified atom stereocenters. The van der Waals surface area contributed by atoms with Crippen LogP contribution in [-0.4, -0.2) is 24.0 Å². The van der Waals surface area contributed by atoms with Crippen molar-refractivity contribution in [3.63, 3.8) is 0 Å². The van der Waals surface area contributed by atoms with Crippen molar-refractivity contribution in [1.82, 2.24) is 10.3 Å². The van der Waals surface area contributed by atoms with Gasteiger partial charge in [0.05, 0.1) is 0 Å². The zero-order valence-corrected chi connectivity index (χ0v) is 11.2. The number of nitrogens with one attached hydrogen (secondary N) is 2. The Bertz CT molecular complexity index is 433. The van der Waals surface area contributed by atoms with Crippen molar-refractivity contribution >= 4 is 11.6 Å². The molecule has 1 aromatic rings. The van der Waals surface area contributed by atoms with E-state index in [0.717, 1.165) is 11.6 Å². The van der Waals surface area contributed by atoms with Gasteiger partial charge in [0.15, 0.2) is 0 Å². The SMILES string of the molecule is CNC(=O)c1cc(NC2CCC(C)C2C)ccn1. The van der Waals surface area contributed by atoms with Gasteiger partial charge in [0, 0.05) is 25.0 Å². The Morgan fingerprint density at radius 1 is 1.39 bits per heavy atom. The van der Waals surface area contributed by atoms with Crippen LogP contribution in [-0.2, 0) is 0 Å². The summed E-state index contributed by atoms with van der Waals surface area (Å²) in [6.45, 7) is 4.59. The first kappa shape index (κ1) is 12.9. The van der Waals surface area contributed by atoms with Crippen molar-refractivity contribution in [2.24, 2.45) is 11.8 Å². The predicted octanol–water partition coefficient (Wildman–Crippen LogP) is 2.29. The first-order valence-electron chi connectivity index (χ1n) is 6.56. The van der Waals surface area contributed by atoms with Crippen molar-refractivity contribution in [2.75, 3.05) is 12.4 Å². The minimum absolute atomic E-state index is 0.147. The van der Waals surface area contributed by atoms with Crippen molar-refractivity contribution in [3.8, 4) is 0 Å². The maximum Gasteiger partial charge on any atom is 0.269 e.